The van der Waals surface area contributed by atoms with Gasteiger partial charge in [-0.15, -0.1) is 0 Å². The molecule has 3 heteroatoms. The molecule has 0 aliphatic heterocycles. The minimum Gasteiger partial charge on any atom is -0.492 e. The number of benzene rings is 1. The van der Waals surface area contributed by atoms with Gasteiger partial charge in [0.05, 0.1) is 0 Å². The number of nitrogens with one attached hydrogen (secondary N) is 1. The molecule has 1 aromatic rings. The van der Waals surface area contributed by atoms with Crippen LogP contribution in [0.25, 0.3) is 0 Å². The van der Waals surface area contributed by atoms with Crippen LogP contribution in [0.3, 0.4) is 0 Å². The van der Waals surface area contributed by atoms with E-state index in [4.69, 9.17) is 4.74 Å². The van der Waals surface area contributed by atoms with Gasteiger partial charge < -0.3 is 15.0 Å². The van der Waals surface area contributed by atoms with E-state index >= 15 is 0 Å². The number of likely N-dealkylation sites (N-methyl/N-ethyl adjacent to an activating group) is 1. The summed E-state index contributed by atoms with van der Waals surface area (Å²) in [6.07, 6.45) is 5.29. The second-order valence-corrected chi connectivity index (χ2v) is 6.03. The number of rotatable bonds is 7. The summed E-state index contributed by atoms with van der Waals surface area (Å²) in [5, 5.41) is 3.69. The molecule has 2 rings (SSSR count). The largest absolute Gasteiger partial charge is 0.492 e. The lowest BCUT2D eigenvalue weighted by molar-refractivity contribution is 0.261. The van der Waals surface area contributed by atoms with Crippen molar-refractivity contribution in [3.8, 4) is 5.75 Å². The topological polar surface area (TPSA) is 24.5 Å². The van der Waals surface area contributed by atoms with Gasteiger partial charge in [-0.2, -0.15) is 0 Å². The van der Waals surface area contributed by atoms with E-state index in [-0.39, 0.29) is 0 Å². The molecule has 1 saturated carbocycles. The molecule has 0 radical (unpaired) electrons. The second-order valence-electron chi connectivity index (χ2n) is 6.03. The van der Waals surface area contributed by atoms with Gasteiger partial charge in [0.25, 0.3) is 0 Å². The highest BCUT2D eigenvalue weighted by Crippen LogP contribution is 2.31. The molecule has 0 heterocycles. The third-order valence-electron chi connectivity index (χ3n) is 4.18. The Labute approximate surface area is 123 Å². The highest BCUT2D eigenvalue weighted by Gasteiger charge is 2.25. The van der Waals surface area contributed by atoms with Crippen molar-refractivity contribution in [2.24, 2.45) is 5.92 Å². The first kappa shape index (κ1) is 15.2. The molecule has 0 spiro atoms. The van der Waals surface area contributed by atoms with Crippen LogP contribution in [-0.2, 0) is 0 Å². The molecule has 1 N–H and O–H groups in total. The summed E-state index contributed by atoms with van der Waals surface area (Å²) in [4.78, 5) is 2.13. The summed E-state index contributed by atoms with van der Waals surface area (Å²) < 4.78 is 5.79. The monoisotopic (exact) mass is 276 g/mol. The van der Waals surface area contributed by atoms with E-state index in [0.29, 0.717) is 6.04 Å². The minimum atomic E-state index is 0.636. The molecule has 112 valence electrons. The molecule has 1 fully saturated rings. The fraction of sp³-hybridized carbons (Fsp3) is 0.647. The average molecular weight is 276 g/mol. The molecule has 20 heavy (non-hydrogen) atoms. The lowest BCUT2D eigenvalue weighted by atomic mass is 10.0. The summed E-state index contributed by atoms with van der Waals surface area (Å²) in [6.45, 7) is 3.97. The van der Waals surface area contributed by atoms with E-state index in [9.17, 15) is 0 Å². The minimum absolute atomic E-state index is 0.636. The maximum Gasteiger partial charge on any atom is 0.121 e. The lowest BCUT2D eigenvalue weighted by Crippen LogP contribution is -2.23. The van der Waals surface area contributed by atoms with Crippen molar-refractivity contribution in [3.63, 3.8) is 0 Å². The molecular weight excluding hydrogens is 248 g/mol. The van der Waals surface area contributed by atoms with Gasteiger partial charge in [-0.3, -0.25) is 0 Å². The molecule has 3 nitrogen and oxygen atoms in total. The zero-order chi connectivity index (χ0) is 14.4. The smallest absolute Gasteiger partial charge is 0.121 e. The van der Waals surface area contributed by atoms with Gasteiger partial charge >= 0.3 is 0 Å². The summed E-state index contributed by atoms with van der Waals surface area (Å²) in [5.74, 6) is 1.79. The predicted molar refractivity (Wildman–Crippen MR) is 85.5 cm³/mol. The van der Waals surface area contributed by atoms with Crippen LogP contribution >= 0.6 is 0 Å². The Morgan fingerprint density at radius 3 is 2.90 bits per heavy atom. The van der Waals surface area contributed by atoms with Gasteiger partial charge in [-0.25, -0.2) is 0 Å². The number of hydrogen-bond donors (Lipinski definition) is 1. The van der Waals surface area contributed by atoms with Crippen molar-refractivity contribution in [2.75, 3.05) is 32.6 Å². The third-order valence-corrected chi connectivity index (χ3v) is 4.18. The summed E-state index contributed by atoms with van der Waals surface area (Å²) >= 11 is 0. The third kappa shape index (κ3) is 4.41. The fourth-order valence-electron chi connectivity index (χ4n) is 2.95. The van der Waals surface area contributed by atoms with Crippen molar-refractivity contribution in [1.82, 2.24) is 4.90 Å². The zero-order valence-corrected chi connectivity index (χ0v) is 13.1. The van der Waals surface area contributed by atoms with Crippen LogP contribution < -0.4 is 10.1 Å². The number of anilines is 1. The van der Waals surface area contributed by atoms with E-state index in [1.54, 1.807) is 0 Å². The average Bonchev–Trinajstić information content (AvgIpc) is 2.86. The Morgan fingerprint density at radius 1 is 1.30 bits per heavy atom. The van der Waals surface area contributed by atoms with Gasteiger partial charge in [0.2, 0.25) is 0 Å². The molecule has 1 aliphatic carbocycles. The van der Waals surface area contributed by atoms with Crippen LogP contribution in [0.4, 0.5) is 5.69 Å². The van der Waals surface area contributed by atoms with Crippen molar-refractivity contribution in [2.45, 2.75) is 38.6 Å². The fourth-order valence-corrected chi connectivity index (χ4v) is 2.95. The quantitative estimate of drug-likeness (QED) is 0.823. The van der Waals surface area contributed by atoms with Gasteiger partial charge in [0.15, 0.2) is 0 Å². The van der Waals surface area contributed by atoms with Crippen LogP contribution in [0.5, 0.6) is 5.75 Å². The number of ether oxygens (including phenoxy) is 1. The molecule has 1 aromatic carbocycles. The van der Waals surface area contributed by atoms with E-state index in [1.165, 1.54) is 31.4 Å². The first-order chi connectivity index (χ1) is 9.69. The number of nitrogens with zero attached hydrogens (tertiary/aromatic N) is 1. The van der Waals surface area contributed by atoms with Crippen molar-refractivity contribution < 1.29 is 4.74 Å². The maximum atomic E-state index is 5.79. The summed E-state index contributed by atoms with van der Waals surface area (Å²) in [6, 6.07) is 9.01. The van der Waals surface area contributed by atoms with Crippen molar-refractivity contribution >= 4 is 5.69 Å². The highest BCUT2D eigenvalue weighted by atomic mass is 16.5. The van der Waals surface area contributed by atoms with Gasteiger partial charge in [-0.05, 0) is 45.0 Å². The Hall–Kier alpha value is -1.22. The normalized spacial score (nSPS) is 22.2. The van der Waals surface area contributed by atoms with Crippen LogP contribution in [0.15, 0.2) is 24.3 Å². The van der Waals surface area contributed by atoms with Crippen LogP contribution in [0.1, 0.15) is 32.6 Å². The summed E-state index contributed by atoms with van der Waals surface area (Å²) in [5.41, 5.74) is 1.19. The molecule has 0 aromatic heterocycles. The second kappa shape index (κ2) is 7.53. The Balaban J connectivity index is 1.88. The van der Waals surface area contributed by atoms with Crippen LogP contribution in [-0.4, -0.2) is 38.2 Å². The molecule has 0 amide bonds. The van der Waals surface area contributed by atoms with Gasteiger partial charge in [0.1, 0.15) is 12.4 Å². The molecule has 1 aliphatic rings. The van der Waals surface area contributed by atoms with Gasteiger partial charge in [-0.1, -0.05) is 25.8 Å². The SMILES string of the molecule is CCC1CCCC1Nc1cccc(OCCN(C)C)c1. The van der Waals surface area contributed by atoms with E-state index in [0.717, 1.165) is 24.8 Å². The van der Waals surface area contributed by atoms with E-state index in [2.05, 4.69) is 49.4 Å². The molecule has 2 atom stereocenters. The maximum absolute atomic E-state index is 5.79. The molecule has 2 unspecified atom stereocenters. The molecule has 0 bridgehead atoms. The predicted octanol–water partition coefficient (Wildman–Crippen LogP) is 3.62. The number of hydrogen-bond acceptors (Lipinski definition) is 3. The zero-order valence-electron chi connectivity index (χ0n) is 13.1. The van der Waals surface area contributed by atoms with Crippen LogP contribution in [0, 0.1) is 5.92 Å². The highest BCUT2D eigenvalue weighted by molar-refractivity contribution is 5.49. The Kier molecular flexibility index (Phi) is 5.72. The summed E-state index contributed by atoms with van der Waals surface area (Å²) in [7, 11) is 4.12. The Morgan fingerprint density at radius 2 is 2.15 bits per heavy atom. The Bertz CT molecular complexity index is 406. The molecule has 0 saturated heterocycles. The first-order valence-electron chi connectivity index (χ1n) is 7.83. The first-order valence-corrected chi connectivity index (χ1v) is 7.83. The lowest BCUT2D eigenvalue weighted by Gasteiger charge is -2.21. The van der Waals surface area contributed by atoms with E-state index in [1.807, 2.05) is 6.07 Å². The van der Waals surface area contributed by atoms with E-state index < -0.39 is 0 Å². The van der Waals surface area contributed by atoms with Gasteiger partial charge in [0, 0.05) is 24.3 Å². The standard InChI is InChI=1S/C17H28N2O/c1-4-14-7-5-10-17(14)18-15-8-6-9-16(13-15)20-12-11-19(2)3/h6,8-9,13-14,17-18H,4-5,7,10-12H2,1-3H3. The van der Waals surface area contributed by atoms with Crippen molar-refractivity contribution in [1.29, 1.82) is 0 Å². The van der Waals surface area contributed by atoms with Crippen molar-refractivity contribution in [3.05, 3.63) is 24.3 Å². The molecular formula is C17H28N2O. The van der Waals surface area contributed by atoms with Crippen LogP contribution in [0.2, 0.25) is 0 Å².